The fourth-order valence-electron chi connectivity index (χ4n) is 3.09. The molecule has 0 aliphatic carbocycles. The largest absolute Gasteiger partial charge is 0.394 e. The highest BCUT2D eigenvalue weighted by Gasteiger charge is 2.31. The number of nitrogens with zero attached hydrogens (tertiary/aromatic N) is 1. The molecule has 0 bridgehead atoms. The Bertz CT molecular complexity index is 653. The van der Waals surface area contributed by atoms with E-state index in [1.807, 2.05) is 18.2 Å². The molecule has 3 rings (SSSR count). The number of para-hydroxylation sites is 1. The third-order valence-electron chi connectivity index (χ3n) is 4.17. The van der Waals surface area contributed by atoms with Crippen molar-refractivity contribution in [2.75, 3.05) is 12.5 Å². The van der Waals surface area contributed by atoms with Crippen LogP contribution in [0.3, 0.4) is 0 Å². The molecule has 0 fully saturated rings. The van der Waals surface area contributed by atoms with Gasteiger partial charge in [0.1, 0.15) is 0 Å². The fraction of sp³-hybridized carbons (Fsp3) is 0.438. The third-order valence-corrected chi connectivity index (χ3v) is 4.43. The summed E-state index contributed by atoms with van der Waals surface area (Å²) in [6, 6.07) is 8.00. The Morgan fingerprint density at radius 2 is 2.24 bits per heavy atom. The normalized spacial score (nSPS) is 18.0. The minimum atomic E-state index is -0.139. The van der Waals surface area contributed by atoms with Crippen LogP contribution in [0.15, 0.2) is 24.3 Å². The van der Waals surface area contributed by atoms with Gasteiger partial charge in [-0.3, -0.25) is 4.79 Å². The molecule has 1 atom stereocenters. The van der Waals surface area contributed by atoms with Crippen LogP contribution in [0.4, 0.5) is 0 Å². The summed E-state index contributed by atoms with van der Waals surface area (Å²) >= 11 is 5.66. The average molecular weight is 307 g/mol. The summed E-state index contributed by atoms with van der Waals surface area (Å²) in [7, 11) is 0. The van der Waals surface area contributed by atoms with Crippen molar-refractivity contribution in [1.29, 1.82) is 0 Å². The molecule has 0 spiro atoms. The lowest BCUT2D eigenvalue weighted by molar-refractivity contribution is -0.135. The fourth-order valence-corrected chi connectivity index (χ4v) is 3.22. The van der Waals surface area contributed by atoms with Gasteiger partial charge in [0.25, 0.3) is 0 Å². The number of hydrogen-bond donors (Lipinski definition) is 2. The van der Waals surface area contributed by atoms with Crippen LogP contribution in [0.5, 0.6) is 0 Å². The van der Waals surface area contributed by atoms with Crippen molar-refractivity contribution in [2.24, 2.45) is 0 Å². The number of carbonyl (C=O) groups is 1. The molecular weight excluding hydrogens is 288 g/mol. The van der Waals surface area contributed by atoms with Crippen LogP contribution in [0.2, 0.25) is 0 Å². The zero-order chi connectivity index (χ0) is 14.8. The Hall–Kier alpha value is -1.52. The first-order valence-electron chi connectivity index (χ1n) is 7.29. The van der Waals surface area contributed by atoms with E-state index < -0.39 is 0 Å². The number of aromatic amines is 1. The minimum Gasteiger partial charge on any atom is -0.394 e. The van der Waals surface area contributed by atoms with Gasteiger partial charge in [0, 0.05) is 28.9 Å². The number of halogens is 1. The molecule has 1 aromatic heterocycles. The molecule has 0 saturated heterocycles. The highest BCUT2D eigenvalue weighted by molar-refractivity contribution is 6.17. The van der Waals surface area contributed by atoms with Crippen LogP contribution in [-0.2, 0) is 17.8 Å². The molecule has 4 nitrogen and oxygen atoms in total. The van der Waals surface area contributed by atoms with E-state index in [2.05, 4.69) is 11.1 Å². The van der Waals surface area contributed by atoms with E-state index in [1.54, 1.807) is 4.90 Å². The van der Waals surface area contributed by atoms with Gasteiger partial charge in [0.2, 0.25) is 5.91 Å². The number of hydrogen-bond acceptors (Lipinski definition) is 2. The number of fused-ring (bicyclic) bond motifs is 3. The summed E-state index contributed by atoms with van der Waals surface area (Å²) in [5.41, 5.74) is 3.40. The number of nitrogens with one attached hydrogen (secondary N) is 1. The maximum Gasteiger partial charge on any atom is 0.223 e. The third kappa shape index (κ3) is 2.65. The van der Waals surface area contributed by atoms with E-state index in [-0.39, 0.29) is 18.6 Å². The van der Waals surface area contributed by atoms with Crippen LogP contribution in [0.1, 0.15) is 24.1 Å². The average Bonchev–Trinajstić information content (AvgIpc) is 2.88. The van der Waals surface area contributed by atoms with Crippen molar-refractivity contribution in [3.63, 3.8) is 0 Å². The van der Waals surface area contributed by atoms with E-state index in [0.717, 1.165) is 11.2 Å². The first-order chi connectivity index (χ1) is 10.2. The molecule has 112 valence electrons. The molecule has 0 radical (unpaired) electrons. The molecule has 2 N–H and O–H groups in total. The van der Waals surface area contributed by atoms with Crippen molar-refractivity contribution >= 4 is 28.4 Å². The van der Waals surface area contributed by atoms with Gasteiger partial charge in [0.05, 0.1) is 19.2 Å². The molecule has 5 heteroatoms. The summed E-state index contributed by atoms with van der Waals surface area (Å²) in [6.07, 6.45) is 1.81. The van der Waals surface area contributed by atoms with E-state index in [9.17, 15) is 9.90 Å². The summed E-state index contributed by atoms with van der Waals surface area (Å²) in [6.45, 7) is 0.530. The summed E-state index contributed by atoms with van der Waals surface area (Å²) in [5, 5.41) is 10.8. The van der Waals surface area contributed by atoms with Crippen LogP contribution < -0.4 is 0 Å². The van der Waals surface area contributed by atoms with Crippen LogP contribution in [0, 0.1) is 0 Å². The Labute approximate surface area is 128 Å². The van der Waals surface area contributed by atoms with Crippen molar-refractivity contribution < 1.29 is 9.90 Å². The highest BCUT2D eigenvalue weighted by Crippen LogP contribution is 2.30. The minimum absolute atomic E-state index is 0.00837. The van der Waals surface area contributed by atoms with Crippen LogP contribution in [0.25, 0.3) is 10.9 Å². The first kappa shape index (κ1) is 14.4. The Kier molecular flexibility index (Phi) is 4.17. The molecule has 1 unspecified atom stereocenters. The first-order valence-corrected chi connectivity index (χ1v) is 7.82. The molecule has 2 aromatic rings. The zero-order valence-corrected chi connectivity index (χ0v) is 12.6. The number of aliphatic hydroxyl groups excluding tert-OH is 1. The number of benzene rings is 1. The van der Waals surface area contributed by atoms with Gasteiger partial charge in [-0.2, -0.15) is 0 Å². The van der Waals surface area contributed by atoms with Gasteiger partial charge >= 0.3 is 0 Å². The number of rotatable bonds is 4. The molecule has 21 heavy (non-hydrogen) atoms. The summed E-state index contributed by atoms with van der Waals surface area (Å²) in [5.74, 6) is 0.556. The smallest absolute Gasteiger partial charge is 0.223 e. The van der Waals surface area contributed by atoms with Gasteiger partial charge in [0.15, 0.2) is 0 Å². The van der Waals surface area contributed by atoms with E-state index in [0.29, 0.717) is 31.7 Å². The molecule has 0 saturated carbocycles. The second-order valence-corrected chi connectivity index (χ2v) is 5.86. The van der Waals surface area contributed by atoms with E-state index in [1.165, 1.54) is 10.9 Å². The molecule has 1 aliphatic heterocycles. The van der Waals surface area contributed by atoms with Crippen molar-refractivity contribution in [3.8, 4) is 0 Å². The number of amides is 1. The zero-order valence-electron chi connectivity index (χ0n) is 11.8. The van der Waals surface area contributed by atoms with Crippen LogP contribution >= 0.6 is 11.6 Å². The summed E-state index contributed by atoms with van der Waals surface area (Å²) in [4.78, 5) is 17.5. The molecular formula is C16H19ClN2O2. The Morgan fingerprint density at radius 3 is 3.00 bits per heavy atom. The van der Waals surface area contributed by atoms with Gasteiger partial charge < -0.3 is 15.0 Å². The number of alkyl halides is 1. The molecule has 1 aliphatic rings. The number of carbonyl (C=O) groups excluding carboxylic acids is 1. The SMILES string of the molecule is O=C(CCCCl)N1Cc2[nH]c3ccccc3c2CC1CO. The molecule has 1 amide bonds. The molecule has 2 heterocycles. The van der Waals surface area contributed by atoms with Crippen molar-refractivity contribution in [1.82, 2.24) is 9.88 Å². The number of aromatic nitrogens is 1. The maximum atomic E-state index is 12.3. The maximum absolute atomic E-state index is 12.3. The lowest BCUT2D eigenvalue weighted by Gasteiger charge is -2.34. The van der Waals surface area contributed by atoms with Crippen molar-refractivity contribution in [2.45, 2.75) is 31.8 Å². The summed E-state index contributed by atoms with van der Waals surface area (Å²) < 4.78 is 0. The topological polar surface area (TPSA) is 56.3 Å². The standard InChI is InChI=1S/C16H19ClN2O2/c17-7-3-6-16(21)19-9-15-13(8-11(19)10-20)12-4-1-2-5-14(12)18-15/h1-2,4-5,11,18,20H,3,6-10H2. The van der Waals surface area contributed by atoms with E-state index >= 15 is 0 Å². The lowest BCUT2D eigenvalue weighted by atomic mass is 9.96. The predicted octanol–water partition coefficient (Wildman–Crippen LogP) is 2.43. The van der Waals surface area contributed by atoms with Gasteiger partial charge in [-0.25, -0.2) is 0 Å². The second kappa shape index (κ2) is 6.08. The number of H-pyrrole nitrogens is 1. The predicted molar refractivity (Wildman–Crippen MR) is 83.4 cm³/mol. The lowest BCUT2D eigenvalue weighted by Crippen LogP contribution is -2.46. The quantitative estimate of drug-likeness (QED) is 0.852. The van der Waals surface area contributed by atoms with E-state index in [4.69, 9.17) is 11.6 Å². The molecule has 1 aromatic carbocycles. The Balaban J connectivity index is 1.91. The Morgan fingerprint density at radius 1 is 1.43 bits per heavy atom. The second-order valence-electron chi connectivity index (χ2n) is 5.48. The monoisotopic (exact) mass is 306 g/mol. The van der Waals surface area contributed by atoms with Gasteiger partial charge in [-0.05, 0) is 24.5 Å². The van der Waals surface area contributed by atoms with Crippen molar-refractivity contribution in [3.05, 3.63) is 35.5 Å². The highest BCUT2D eigenvalue weighted by atomic mass is 35.5. The van der Waals surface area contributed by atoms with Gasteiger partial charge in [-0.15, -0.1) is 11.6 Å². The van der Waals surface area contributed by atoms with Crippen LogP contribution in [-0.4, -0.2) is 39.4 Å². The number of aliphatic hydroxyl groups is 1. The van der Waals surface area contributed by atoms with Gasteiger partial charge in [-0.1, -0.05) is 18.2 Å².